The summed E-state index contributed by atoms with van der Waals surface area (Å²) < 4.78 is 0. The molecule has 0 fully saturated rings. The maximum atomic E-state index is 7.25. The molecule has 0 aliphatic carbocycles. The molecule has 0 aliphatic heterocycles. The van der Waals surface area contributed by atoms with Gasteiger partial charge in [0.15, 0.2) is 5.16 Å². The number of hydrogen-bond donors (Lipinski definition) is 3. The predicted molar refractivity (Wildman–Crippen MR) is 73.3 cm³/mol. The molecule has 0 bridgehead atoms. The van der Waals surface area contributed by atoms with Crippen LogP contribution in [0.4, 0.5) is 0 Å². The number of nitrogen functional groups attached to an aromatic ring is 1. The normalized spacial score (nSPS) is 10.7. The fourth-order valence-electron chi connectivity index (χ4n) is 1.58. The van der Waals surface area contributed by atoms with Gasteiger partial charge in [-0.05, 0) is 23.9 Å². The Kier molecular flexibility index (Phi) is 2.88. The molecule has 94 valence electrons. The van der Waals surface area contributed by atoms with Gasteiger partial charge in [-0.25, -0.2) is 15.0 Å². The highest BCUT2D eigenvalue weighted by Gasteiger charge is 2.06. The summed E-state index contributed by atoms with van der Waals surface area (Å²) in [5.41, 5.74) is 7.59. The van der Waals surface area contributed by atoms with Gasteiger partial charge in [0.1, 0.15) is 16.6 Å². The zero-order valence-corrected chi connectivity index (χ0v) is 10.6. The number of imidazole rings is 1. The minimum atomic E-state index is -0.0900. The number of hydrogen-bond acceptors (Lipinski definition) is 5. The summed E-state index contributed by atoms with van der Waals surface area (Å²) in [4.78, 5) is 15.9. The third-order valence-electron chi connectivity index (χ3n) is 2.47. The second kappa shape index (κ2) is 4.69. The molecule has 0 unspecified atom stereocenters. The maximum Gasteiger partial charge on any atom is 0.172 e. The van der Waals surface area contributed by atoms with E-state index < -0.39 is 0 Å². The molecule has 3 rings (SSSR count). The van der Waals surface area contributed by atoms with Crippen LogP contribution >= 0.6 is 11.8 Å². The summed E-state index contributed by atoms with van der Waals surface area (Å²) in [7, 11) is 0. The molecule has 7 heteroatoms. The third kappa shape index (κ3) is 2.41. The van der Waals surface area contributed by atoms with Gasteiger partial charge in [-0.15, -0.1) is 0 Å². The van der Waals surface area contributed by atoms with E-state index in [1.807, 2.05) is 24.3 Å². The molecule has 1 aromatic carbocycles. The van der Waals surface area contributed by atoms with Gasteiger partial charge < -0.3 is 10.7 Å². The standard InChI is InChI=1S/C12H10N6S/c13-11(14)9-5-16-10(6-15-9)19-12-17-7-3-1-2-4-8(7)18-12/h1-6H,(H3,13,14)(H,17,18). The van der Waals surface area contributed by atoms with E-state index in [9.17, 15) is 0 Å². The number of fused-ring (bicyclic) bond motifs is 1. The van der Waals surface area contributed by atoms with Crippen molar-refractivity contribution < 1.29 is 0 Å². The van der Waals surface area contributed by atoms with Crippen LogP contribution < -0.4 is 5.73 Å². The monoisotopic (exact) mass is 270 g/mol. The summed E-state index contributed by atoms with van der Waals surface area (Å²) in [6.45, 7) is 0. The first-order valence-corrected chi connectivity index (χ1v) is 6.33. The number of rotatable bonds is 3. The lowest BCUT2D eigenvalue weighted by Crippen LogP contribution is -2.13. The predicted octanol–water partition coefficient (Wildman–Crippen LogP) is 1.79. The molecule has 0 aliphatic rings. The fourth-order valence-corrected chi connectivity index (χ4v) is 2.30. The SMILES string of the molecule is N=C(N)c1cnc(Sc2nc3ccccc3[nH]2)cn1. The Balaban J connectivity index is 1.86. The molecule has 0 saturated heterocycles. The van der Waals surface area contributed by atoms with Gasteiger partial charge in [-0.2, -0.15) is 0 Å². The van der Waals surface area contributed by atoms with E-state index in [-0.39, 0.29) is 5.84 Å². The second-order valence-electron chi connectivity index (χ2n) is 3.81. The second-order valence-corrected chi connectivity index (χ2v) is 4.82. The number of H-pyrrole nitrogens is 1. The van der Waals surface area contributed by atoms with Gasteiger partial charge in [0.2, 0.25) is 0 Å². The highest BCUT2D eigenvalue weighted by atomic mass is 32.2. The lowest BCUT2D eigenvalue weighted by Gasteiger charge is -1.98. The molecular formula is C12H10N6S. The molecule has 0 saturated carbocycles. The van der Waals surface area contributed by atoms with E-state index in [0.29, 0.717) is 10.7 Å². The lowest BCUT2D eigenvalue weighted by atomic mass is 10.3. The van der Waals surface area contributed by atoms with E-state index in [1.54, 1.807) is 6.20 Å². The van der Waals surface area contributed by atoms with Gasteiger partial charge in [0.05, 0.1) is 23.4 Å². The van der Waals surface area contributed by atoms with Crippen LogP contribution in [0.15, 0.2) is 46.8 Å². The summed E-state index contributed by atoms with van der Waals surface area (Å²) in [6.07, 6.45) is 3.06. The first-order chi connectivity index (χ1) is 9.22. The smallest absolute Gasteiger partial charge is 0.172 e. The van der Waals surface area contributed by atoms with Crippen LogP contribution in [0, 0.1) is 5.41 Å². The van der Waals surface area contributed by atoms with E-state index >= 15 is 0 Å². The number of amidine groups is 1. The Labute approximate surface area is 113 Å². The summed E-state index contributed by atoms with van der Waals surface area (Å²) in [5, 5.41) is 8.70. The molecule has 0 atom stereocenters. The van der Waals surface area contributed by atoms with Crippen molar-refractivity contribution in [2.45, 2.75) is 10.2 Å². The first-order valence-electron chi connectivity index (χ1n) is 5.51. The van der Waals surface area contributed by atoms with Gasteiger partial charge >= 0.3 is 0 Å². The van der Waals surface area contributed by atoms with E-state index in [1.165, 1.54) is 18.0 Å². The van der Waals surface area contributed by atoms with Crippen molar-refractivity contribution in [2.75, 3.05) is 0 Å². The Morgan fingerprint density at radius 1 is 1.21 bits per heavy atom. The first kappa shape index (κ1) is 11.7. The summed E-state index contributed by atoms with van der Waals surface area (Å²) in [5.74, 6) is -0.0900. The maximum absolute atomic E-state index is 7.25. The number of nitrogens with zero attached hydrogens (tertiary/aromatic N) is 3. The molecule has 6 nitrogen and oxygen atoms in total. The Morgan fingerprint density at radius 3 is 2.74 bits per heavy atom. The van der Waals surface area contributed by atoms with Crippen molar-refractivity contribution in [1.29, 1.82) is 5.41 Å². The Bertz CT molecular complexity index is 700. The topological polar surface area (TPSA) is 104 Å². The van der Waals surface area contributed by atoms with Crippen LogP contribution in [-0.2, 0) is 0 Å². The molecule has 3 aromatic rings. The molecular weight excluding hydrogens is 260 g/mol. The number of aromatic amines is 1. The van der Waals surface area contributed by atoms with Crippen LogP contribution in [0.25, 0.3) is 11.0 Å². The molecule has 19 heavy (non-hydrogen) atoms. The van der Waals surface area contributed by atoms with Crippen molar-refractivity contribution in [3.63, 3.8) is 0 Å². The van der Waals surface area contributed by atoms with Crippen molar-refractivity contribution in [3.05, 3.63) is 42.4 Å². The Morgan fingerprint density at radius 2 is 2.05 bits per heavy atom. The van der Waals surface area contributed by atoms with Crippen molar-refractivity contribution in [1.82, 2.24) is 19.9 Å². The number of aromatic nitrogens is 4. The average Bonchev–Trinajstić information content (AvgIpc) is 2.81. The van der Waals surface area contributed by atoms with Crippen molar-refractivity contribution in [3.8, 4) is 0 Å². The molecule has 2 aromatic heterocycles. The van der Waals surface area contributed by atoms with E-state index in [4.69, 9.17) is 11.1 Å². The van der Waals surface area contributed by atoms with Gasteiger partial charge in [0, 0.05) is 0 Å². The van der Waals surface area contributed by atoms with Crippen LogP contribution in [0.1, 0.15) is 5.69 Å². The average molecular weight is 270 g/mol. The van der Waals surface area contributed by atoms with Crippen molar-refractivity contribution >= 4 is 28.6 Å². The molecule has 0 spiro atoms. The van der Waals surface area contributed by atoms with Crippen LogP contribution in [-0.4, -0.2) is 25.8 Å². The van der Waals surface area contributed by atoms with Crippen molar-refractivity contribution in [2.24, 2.45) is 5.73 Å². The van der Waals surface area contributed by atoms with Crippen LogP contribution in [0.2, 0.25) is 0 Å². The lowest BCUT2D eigenvalue weighted by molar-refractivity contribution is 1.02. The Hall–Kier alpha value is -2.41. The molecule has 0 radical (unpaired) electrons. The number of nitrogens with two attached hydrogens (primary N) is 1. The number of benzene rings is 1. The van der Waals surface area contributed by atoms with Gasteiger partial charge in [0.25, 0.3) is 0 Å². The van der Waals surface area contributed by atoms with Crippen LogP contribution in [0.5, 0.6) is 0 Å². The van der Waals surface area contributed by atoms with Crippen LogP contribution in [0.3, 0.4) is 0 Å². The molecule has 0 amide bonds. The number of nitrogens with one attached hydrogen (secondary N) is 2. The van der Waals surface area contributed by atoms with E-state index in [2.05, 4.69) is 19.9 Å². The van der Waals surface area contributed by atoms with Gasteiger partial charge in [-0.3, -0.25) is 5.41 Å². The zero-order valence-electron chi connectivity index (χ0n) is 9.79. The molecule has 2 heterocycles. The zero-order chi connectivity index (χ0) is 13.2. The minimum absolute atomic E-state index is 0.0900. The fraction of sp³-hybridized carbons (Fsp3) is 0. The largest absolute Gasteiger partial charge is 0.382 e. The minimum Gasteiger partial charge on any atom is -0.382 e. The highest BCUT2D eigenvalue weighted by Crippen LogP contribution is 2.24. The number of para-hydroxylation sites is 2. The highest BCUT2D eigenvalue weighted by molar-refractivity contribution is 7.99. The third-order valence-corrected chi connectivity index (χ3v) is 3.28. The van der Waals surface area contributed by atoms with E-state index in [0.717, 1.165) is 16.2 Å². The molecule has 4 N–H and O–H groups in total. The van der Waals surface area contributed by atoms with Gasteiger partial charge in [-0.1, -0.05) is 12.1 Å². The summed E-state index contributed by atoms with van der Waals surface area (Å²) in [6, 6.07) is 7.81. The quantitative estimate of drug-likeness (QED) is 0.497. The summed E-state index contributed by atoms with van der Waals surface area (Å²) >= 11 is 1.38.